The summed E-state index contributed by atoms with van der Waals surface area (Å²) in [5.74, 6) is -2.32. The minimum Gasteiger partial charge on any atom is -0.350 e. The van der Waals surface area contributed by atoms with Crippen LogP contribution in [0.15, 0.2) is 12.3 Å². The second-order valence-corrected chi connectivity index (χ2v) is 6.40. The first-order valence-corrected chi connectivity index (χ1v) is 6.79. The van der Waals surface area contributed by atoms with Crippen molar-refractivity contribution >= 4 is 34.7 Å². The maximum Gasteiger partial charge on any atom is 0.271 e. The molecule has 1 aliphatic rings. The quantitative estimate of drug-likeness (QED) is 0.754. The van der Waals surface area contributed by atoms with Crippen molar-refractivity contribution in [1.82, 2.24) is 14.6 Å². The third-order valence-corrected chi connectivity index (χ3v) is 4.13. The second kappa shape index (κ2) is 4.18. The first-order chi connectivity index (χ1) is 9.21. The highest BCUT2D eigenvalue weighted by Gasteiger charge is 2.54. The van der Waals surface area contributed by atoms with Crippen molar-refractivity contribution in [3.8, 4) is 0 Å². The van der Waals surface area contributed by atoms with Crippen LogP contribution in [0.25, 0.3) is 5.65 Å². The summed E-state index contributed by atoms with van der Waals surface area (Å²) in [7, 11) is 0. The van der Waals surface area contributed by atoms with Gasteiger partial charge in [-0.05, 0) is 0 Å². The Kier molecular flexibility index (Phi) is 2.89. The molecule has 1 saturated heterocycles. The van der Waals surface area contributed by atoms with Crippen molar-refractivity contribution < 1.29 is 8.78 Å². The van der Waals surface area contributed by atoms with Gasteiger partial charge in [-0.25, -0.2) is 13.8 Å². The number of hydrogen-bond donors (Lipinski definition) is 0. The van der Waals surface area contributed by atoms with Crippen molar-refractivity contribution in [2.75, 3.05) is 18.0 Å². The lowest BCUT2D eigenvalue weighted by molar-refractivity contribution is -0.0642. The predicted molar refractivity (Wildman–Crippen MR) is 73.9 cm³/mol. The summed E-state index contributed by atoms with van der Waals surface area (Å²) in [5, 5.41) is 4.61. The van der Waals surface area contributed by atoms with Crippen LogP contribution in [0.2, 0.25) is 10.2 Å². The van der Waals surface area contributed by atoms with Gasteiger partial charge in [-0.1, -0.05) is 37.0 Å². The van der Waals surface area contributed by atoms with Gasteiger partial charge < -0.3 is 4.90 Å². The Morgan fingerprint density at radius 3 is 2.55 bits per heavy atom. The van der Waals surface area contributed by atoms with Crippen molar-refractivity contribution in [2.45, 2.75) is 19.8 Å². The molecule has 4 nitrogen and oxygen atoms in total. The van der Waals surface area contributed by atoms with E-state index in [1.165, 1.54) is 16.8 Å². The number of aromatic nitrogens is 3. The fraction of sp³-hybridized carbons (Fsp3) is 0.500. The fourth-order valence-corrected chi connectivity index (χ4v) is 2.72. The topological polar surface area (TPSA) is 33.4 Å². The minimum atomic E-state index is -2.79. The van der Waals surface area contributed by atoms with Crippen molar-refractivity contribution in [2.24, 2.45) is 5.41 Å². The van der Waals surface area contributed by atoms with Crippen LogP contribution in [0.1, 0.15) is 13.8 Å². The van der Waals surface area contributed by atoms with Gasteiger partial charge in [0.25, 0.3) is 5.92 Å². The zero-order valence-corrected chi connectivity index (χ0v) is 12.4. The fourth-order valence-electron chi connectivity index (χ4n) is 2.38. The van der Waals surface area contributed by atoms with Gasteiger partial charge in [0, 0.05) is 18.0 Å². The number of fused-ring (bicyclic) bond motifs is 1. The maximum absolute atomic E-state index is 14.0. The van der Waals surface area contributed by atoms with Crippen molar-refractivity contribution in [1.29, 1.82) is 0 Å². The average Bonchev–Trinajstić information content (AvgIpc) is 2.78. The smallest absolute Gasteiger partial charge is 0.271 e. The summed E-state index contributed by atoms with van der Waals surface area (Å²) < 4.78 is 29.5. The van der Waals surface area contributed by atoms with E-state index >= 15 is 0 Å². The van der Waals surface area contributed by atoms with Gasteiger partial charge in [0.15, 0.2) is 5.65 Å². The van der Waals surface area contributed by atoms with Crippen LogP contribution >= 0.6 is 23.2 Å². The van der Waals surface area contributed by atoms with Gasteiger partial charge in [0.2, 0.25) is 0 Å². The van der Waals surface area contributed by atoms with Crippen LogP contribution < -0.4 is 4.90 Å². The summed E-state index contributed by atoms with van der Waals surface area (Å²) in [6, 6.07) is 1.52. The molecule has 108 valence electrons. The molecule has 0 bridgehead atoms. The first kappa shape index (κ1) is 13.8. The van der Waals surface area contributed by atoms with E-state index in [1.807, 2.05) is 0 Å². The molecule has 2 aromatic rings. The van der Waals surface area contributed by atoms with E-state index in [0.717, 1.165) is 0 Å². The SMILES string of the molecule is CC1(C)CN(c2cc(Cl)nc3c(Cl)cnn23)CC1(F)F. The normalized spacial score (nSPS) is 20.8. The Labute approximate surface area is 124 Å². The monoisotopic (exact) mass is 320 g/mol. The van der Waals surface area contributed by atoms with E-state index in [9.17, 15) is 8.78 Å². The maximum atomic E-state index is 14.0. The molecule has 1 fully saturated rings. The summed E-state index contributed by atoms with van der Waals surface area (Å²) in [6.45, 7) is 2.91. The molecular formula is C12H12Cl2F2N4. The van der Waals surface area contributed by atoms with Gasteiger partial charge in [0.05, 0.1) is 12.7 Å². The Bertz CT molecular complexity index is 667. The molecule has 0 atom stereocenters. The van der Waals surface area contributed by atoms with Crippen LogP contribution in [-0.4, -0.2) is 33.6 Å². The molecule has 0 aliphatic carbocycles. The molecule has 1 aliphatic heterocycles. The lowest BCUT2D eigenvalue weighted by atomic mass is 9.89. The standard InChI is InChI=1S/C12H12Cl2F2N4/c1-11(2)5-19(6-12(11,15)16)9-3-8(14)18-10-7(13)4-17-20(9)10/h3-4H,5-6H2,1-2H3. The van der Waals surface area contributed by atoms with Crippen LogP contribution in [0, 0.1) is 5.41 Å². The van der Waals surface area contributed by atoms with E-state index < -0.39 is 11.3 Å². The number of alkyl halides is 2. The van der Waals surface area contributed by atoms with Crippen molar-refractivity contribution in [3.05, 3.63) is 22.4 Å². The van der Waals surface area contributed by atoms with E-state index in [1.54, 1.807) is 18.7 Å². The van der Waals surface area contributed by atoms with Gasteiger partial charge in [0.1, 0.15) is 16.0 Å². The molecular weight excluding hydrogens is 309 g/mol. The third kappa shape index (κ3) is 1.93. The highest BCUT2D eigenvalue weighted by molar-refractivity contribution is 6.34. The number of hydrogen-bond acceptors (Lipinski definition) is 3. The van der Waals surface area contributed by atoms with Crippen LogP contribution in [0.5, 0.6) is 0 Å². The minimum absolute atomic E-state index is 0.197. The van der Waals surface area contributed by atoms with Crippen LogP contribution in [-0.2, 0) is 0 Å². The van der Waals surface area contributed by atoms with Crippen LogP contribution in [0.4, 0.5) is 14.6 Å². The molecule has 20 heavy (non-hydrogen) atoms. The molecule has 2 aromatic heterocycles. The molecule has 0 unspecified atom stereocenters. The lowest BCUT2D eigenvalue weighted by Crippen LogP contribution is -2.34. The molecule has 3 rings (SSSR count). The zero-order valence-electron chi connectivity index (χ0n) is 10.9. The molecule has 0 saturated carbocycles. The predicted octanol–water partition coefficient (Wildman–Crippen LogP) is 3.52. The van der Waals surface area contributed by atoms with E-state index in [-0.39, 0.29) is 18.2 Å². The Morgan fingerprint density at radius 1 is 1.25 bits per heavy atom. The van der Waals surface area contributed by atoms with E-state index in [2.05, 4.69) is 10.1 Å². The second-order valence-electron chi connectivity index (χ2n) is 5.61. The Morgan fingerprint density at radius 2 is 1.95 bits per heavy atom. The first-order valence-electron chi connectivity index (χ1n) is 6.04. The molecule has 0 radical (unpaired) electrons. The number of nitrogens with zero attached hydrogens (tertiary/aromatic N) is 4. The zero-order chi connectivity index (χ0) is 14.7. The van der Waals surface area contributed by atoms with Gasteiger partial charge in [-0.2, -0.15) is 9.61 Å². The van der Waals surface area contributed by atoms with Crippen molar-refractivity contribution in [3.63, 3.8) is 0 Å². The molecule has 0 N–H and O–H groups in total. The molecule has 0 spiro atoms. The van der Waals surface area contributed by atoms with Crippen LogP contribution in [0.3, 0.4) is 0 Å². The summed E-state index contributed by atoms with van der Waals surface area (Å²) >= 11 is 11.9. The summed E-state index contributed by atoms with van der Waals surface area (Å²) in [6.07, 6.45) is 1.42. The van der Waals surface area contributed by atoms with E-state index in [4.69, 9.17) is 23.2 Å². The highest BCUT2D eigenvalue weighted by Crippen LogP contribution is 2.44. The number of halogens is 4. The number of anilines is 1. The third-order valence-electron chi connectivity index (χ3n) is 3.67. The Hall–Kier alpha value is -1.14. The highest BCUT2D eigenvalue weighted by atomic mass is 35.5. The average molecular weight is 321 g/mol. The molecule has 3 heterocycles. The van der Waals surface area contributed by atoms with Gasteiger partial charge in [-0.15, -0.1) is 0 Å². The largest absolute Gasteiger partial charge is 0.350 e. The van der Waals surface area contributed by atoms with E-state index in [0.29, 0.717) is 16.5 Å². The number of rotatable bonds is 1. The Balaban J connectivity index is 2.12. The molecule has 0 aromatic carbocycles. The summed E-state index contributed by atoms with van der Waals surface area (Å²) in [4.78, 5) is 5.62. The molecule has 8 heteroatoms. The lowest BCUT2D eigenvalue weighted by Gasteiger charge is -2.24. The molecule has 0 amide bonds. The van der Waals surface area contributed by atoms with Gasteiger partial charge in [-0.3, -0.25) is 0 Å². The van der Waals surface area contributed by atoms with Gasteiger partial charge >= 0.3 is 0 Å². The summed E-state index contributed by atoms with van der Waals surface area (Å²) in [5.41, 5.74) is -0.756.